The Bertz CT molecular complexity index is 335. The summed E-state index contributed by atoms with van der Waals surface area (Å²) in [6, 6.07) is 0.127. The van der Waals surface area contributed by atoms with Gasteiger partial charge < -0.3 is 10.4 Å². The first-order valence-corrected chi connectivity index (χ1v) is 7.89. The number of carboxylic acid groups (broad SMARTS) is 1. The fraction of sp³-hybridized carbons (Fsp3) is 0.875. The van der Waals surface area contributed by atoms with Crippen LogP contribution in [-0.4, -0.2) is 23.0 Å². The second-order valence-corrected chi connectivity index (χ2v) is 6.67. The van der Waals surface area contributed by atoms with Gasteiger partial charge in [0.25, 0.3) is 0 Å². The molecule has 4 heteroatoms. The summed E-state index contributed by atoms with van der Waals surface area (Å²) in [5, 5.41) is 11.9. The second kappa shape index (κ2) is 7.65. The number of hydrogen-bond donors (Lipinski definition) is 2. The van der Waals surface area contributed by atoms with Crippen LogP contribution >= 0.6 is 0 Å². The third-order valence-corrected chi connectivity index (χ3v) is 4.58. The van der Waals surface area contributed by atoms with Gasteiger partial charge in [-0.3, -0.25) is 9.59 Å². The number of nitrogens with one attached hydrogen (secondary N) is 1. The van der Waals surface area contributed by atoms with Crippen molar-refractivity contribution in [3.05, 3.63) is 0 Å². The normalized spacial score (nSPS) is 20.9. The summed E-state index contributed by atoms with van der Waals surface area (Å²) in [4.78, 5) is 23.1. The predicted molar refractivity (Wildman–Crippen MR) is 79.4 cm³/mol. The SMILES string of the molecule is CC(CCCC(C)C(=O)O)NC(=O)C1(C)CCCCC1. The molecule has 4 nitrogen and oxygen atoms in total. The first kappa shape index (κ1) is 17.0. The van der Waals surface area contributed by atoms with E-state index in [1.54, 1.807) is 6.92 Å². The topological polar surface area (TPSA) is 66.4 Å². The number of carbonyl (C=O) groups excluding carboxylic acids is 1. The molecule has 0 saturated heterocycles. The molecule has 0 aliphatic heterocycles. The Kier molecular flexibility index (Phi) is 6.50. The van der Waals surface area contributed by atoms with Crippen molar-refractivity contribution in [3.8, 4) is 0 Å². The van der Waals surface area contributed by atoms with E-state index in [9.17, 15) is 9.59 Å². The van der Waals surface area contributed by atoms with E-state index in [0.717, 1.165) is 38.5 Å². The van der Waals surface area contributed by atoms with Gasteiger partial charge in [0.2, 0.25) is 5.91 Å². The van der Waals surface area contributed by atoms with Gasteiger partial charge in [0.15, 0.2) is 0 Å². The molecule has 0 bridgehead atoms. The van der Waals surface area contributed by atoms with E-state index in [4.69, 9.17) is 5.11 Å². The van der Waals surface area contributed by atoms with Gasteiger partial charge >= 0.3 is 5.97 Å². The van der Waals surface area contributed by atoms with Gasteiger partial charge in [-0.1, -0.05) is 39.5 Å². The molecule has 1 saturated carbocycles. The lowest BCUT2D eigenvalue weighted by Gasteiger charge is -2.33. The number of carboxylic acids is 1. The average molecular weight is 283 g/mol. The predicted octanol–water partition coefficient (Wildman–Crippen LogP) is 3.35. The fourth-order valence-corrected chi connectivity index (χ4v) is 2.88. The highest BCUT2D eigenvalue weighted by atomic mass is 16.4. The minimum absolute atomic E-state index is 0.127. The summed E-state index contributed by atoms with van der Waals surface area (Å²) in [6.45, 7) is 5.81. The Balaban J connectivity index is 2.29. The molecule has 2 N–H and O–H groups in total. The monoisotopic (exact) mass is 283 g/mol. The van der Waals surface area contributed by atoms with Crippen molar-refractivity contribution in [2.75, 3.05) is 0 Å². The summed E-state index contributed by atoms with van der Waals surface area (Å²) in [6.07, 6.45) is 7.87. The van der Waals surface area contributed by atoms with Gasteiger partial charge in [0, 0.05) is 11.5 Å². The molecular formula is C16H29NO3. The number of hydrogen-bond acceptors (Lipinski definition) is 2. The molecule has 1 aliphatic rings. The minimum Gasteiger partial charge on any atom is -0.481 e. The van der Waals surface area contributed by atoms with Crippen LogP contribution in [0.15, 0.2) is 0 Å². The van der Waals surface area contributed by atoms with Crippen LogP contribution in [0.2, 0.25) is 0 Å². The Hall–Kier alpha value is -1.06. The summed E-state index contributed by atoms with van der Waals surface area (Å²) in [5.41, 5.74) is -0.194. The van der Waals surface area contributed by atoms with Gasteiger partial charge in [0.05, 0.1) is 5.92 Å². The zero-order valence-electron chi connectivity index (χ0n) is 13.1. The molecule has 116 valence electrons. The fourth-order valence-electron chi connectivity index (χ4n) is 2.88. The standard InChI is InChI=1S/C16H29NO3/c1-12(14(18)19)8-7-9-13(2)17-15(20)16(3)10-5-4-6-11-16/h12-13H,4-11H2,1-3H3,(H,17,20)(H,18,19). The highest BCUT2D eigenvalue weighted by Gasteiger charge is 2.34. The highest BCUT2D eigenvalue weighted by Crippen LogP contribution is 2.36. The molecule has 1 rings (SSSR count). The van der Waals surface area contributed by atoms with Gasteiger partial charge in [0.1, 0.15) is 0 Å². The van der Waals surface area contributed by atoms with Crippen LogP contribution in [0, 0.1) is 11.3 Å². The Morgan fingerprint density at radius 2 is 1.75 bits per heavy atom. The lowest BCUT2D eigenvalue weighted by atomic mass is 9.75. The van der Waals surface area contributed by atoms with Crippen LogP contribution in [0.3, 0.4) is 0 Å². The highest BCUT2D eigenvalue weighted by molar-refractivity contribution is 5.82. The van der Waals surface area contributed by atoms with Crippen LogP contribution in [0.4, 0.5) is 0 Å². The third-order valence-electron chi connectivity index (χ3n) is 4.58. The van der Waals surface area contributed by atoms with E-state index in [0.29, 0.717) is 6.42 Å². The zero-order chi connectivity index (χ0) is 15.2. The molecule has 2 unspecified atom stereocenters. The van der Waals surface area contributed by atoms with Crippen molar-refractivity contribution in [1.82, 2.24) is 5.32 Å². The number of amides is 1. The summed E-state index contributed by atoms with van der Waals surface area (Å²) in [5.74, 6) is -0.860. The number of carbonyl (C=O) groups is 2. The molecule has 0 aromatic carbocycles. The van der Waals surface area contributed by atoms with Crippen molar-refractivity contribution in [3.63, 3.8) is 0 Å². The first-order chi connectivity index (χ1) is 9.35. The van der Waals surface area contributed by atoms with E-state index in [2.05, 4.69) is 12.2 Å². The van der Waals surface area contributed by atoms with Crippen LogP contribution in [-0.2, 0) is 9.59 Å². The number of aliphatic carboxylic acids is 1. The number of rotatable bonds is 7. The van der Waals surface area contributed by atoms with Gasteiger partial charge in [-0.05, 0) is 32.6 Å². The summed E-state index contributed by atoms with van der Waals surface area (Å²) in [7, 11) is 0. The smallest absolute Gasteiger partial charge is 0.306 e. The van der Waals surface area contributed by atoms with Crippen LogP contribution < -0.4 is 5.32 Å². The van der Waals surface area contributed by atoms with E-state index in [-0.39, 0.29) is 23.3 Å². The van der Waals surface area contributed by atoms with Crippen LogP contribution in [0.5, 0.6) is 0 Å². The average Bonchev–Trinajstić information content (AvgIpc) is 2.39. The van der Waals surface area contributed by atoms with Crippen LogP contribution in [0.1, 0.15) is 72.1 Å². The van der Waals surface area contributed by atoms with E-state index < -0.39 is 5.97 Å². The van der Waals surface area contributed by atoms with Crippen molar-refractivity contribution < 1.29 is 14.7 Å². The van der Waals surface area contributed by atoms with Crippen molar-refractivity contribution in [2.24, 2.45) is 11.3 Å². The molecule has 1 aliphatic carbocycles. The molecular weight excluding hydrogens is 254 g/mol. The molecule has 0 radical (unpaired) electrons. The van der Waals surface area contributed by atoms with Gasteiger partial charge in [-0.2, -0.15) is 0 Å². The summed E-state index contributed by atoms with van der Waals surface area (Å²) < 4.78 is 0. The summed E-state index contributed by atoms with van der Waals surface area (Å²) >= 11 is 0. The molecule has 0 spiro atoms. The Morgan fingerprint density at radius 3 is 2.30 bits per heavy atom. The van der Waals surface area contributed by atoms with E-state index >= 15 is 0 Å². The van der Waals surface area contributed by atoms with E-state index in [1.807, 2.05) is 6.92 Å². The largest absolute Gasteiger partial charge is 0.481 e. The zero-order valence-corrected chi connectivity index (χ0v) is 13.1. The van der Waals surface area contributed by atoms with Crippen molar-refractivity contribution in [2.45, 2.75) is 78.2 Å². The maximum Gasteiger partial charge on any atom is 0.306 e. The molecule has 1 amide bonds. The lowest BCUT2D eigenvalue weighted by molar-refractivity contribution is -0.141. The van der Waals surface area contributed by atoms with Gasteiger partial charge in [-0.15, -0.1) is 0 Å². The molecule has 2 atom stereocenters. The van der Waals surface area contributed by atoms with Crippen LogP contribution in [0.25, 0.3) is 0 Å². The maximum atomic E-state index is 12.3. The van der Waals surface area contributed by atoms with Gasteiger partial charge in [-0.25, -0.2) is 0 Å². The van der Waals surface area contributed by atoms with Crippen molar-refractivity contribution in [1.29, 1.82) is 0 Å². The van der Waals surface area contributed by atoms with Crippen molar-refractivity contribution >= 4 is 11.9 Å². The second-order valence-electron chi connectivity index (χ2n) is 6.67. The molecule has 20 heavy (non-hydrogen) atoms. The molecule has 0 aromatic rings. The first-order valence-electron chi connectivity index (χ1n) is 7.89. The Morgan fingerprint density at radius 1 is 1.15 bits per heavy atom. The lowest BCUT2D eigenvalue weighted by Crippen LogP contribution is -2.44. The third kappa shape index (κ3) is 5.14. The van der Waals surface area contributed by atoms with E-state index in [1.165, 1.54) is 6.42 Å². The molecule has 1 fully saturated rings. The Labute approximate surface area is 122 Å². The molecule has 0 heterocycles. The minimum atomic E-state index is -0.739. The maximum absolute atomic E-state index is 12.3. The quantitative estimate of drug-likeness (QED) is 0.753. The molecule has 0 aromatic heterocycles.